The summed E-state index contributed by atoms with van der Waals surface area (Å²) in [5, 5.41) is 3.77. The number of fused-ring (bicyclic) bond motifs is 1. The van der Waals surface area contributed by atoms with Crippen molar-refractivity contribution >= 4 is 17.7 Å². The Kier molecular flexibility index (Phi) is 5.88. The van der Waals surface area contributed by atoms with Gasteiger partial charge in [-0.05, 0) is 38.1 Å². The van der Waals surface area contributed by atoms with Gasteiger partial charge in [-0.15, -0.1) is 11.8 Å². The van der Waals surface area contributed by atoms with Gasteiger partial charge in [-0.1, -0.05) is 44.2 Å². The van der Waals surface area contributed by atoms with Crippen LogP contribution >= 0.6 is 11.8 Å². The molecule has 2 aromatic rings. The van der Waals surface area contributed by atoms with E-state index >= 15 is 0 Å². The van der Waals surface area contributed by atoms with Crippen LogP contribution in [0.15, 0.2) is 53.4 Å². The van der Waals surface area contributed by atoms with Crippen LogP contribution in [-0.2, 0) is 0 Å². The minimum Gasteiger partial charge on any atom is -0.487 e. The number of carbonyl (C=O) groups excluding carboxylic acids is 1. The van der Waals surface area contributed by atoms with E-state index in [1.54, 1.807) is 11.8 Å². The van der Waals surface area contributed by atoms with Crippen molar-refractivity contribution in [3.63, 3.8) is 0 Å². The second kappa shape index (κ2) is 8.41. The highest BCUT2D eigenvalue weighted by molar-refractivity contribution is 8.00. The average molecular weight is 411 g/mol. The van der Waals surface area contributed by atoms with Crippen LogP contribution in [0.2, 0.25) is 0 Å². The molecular weight excluding hydrogens is 380 g/mol. The van der Waals surface area contributed by atoms with Gasteiger partial charge in [0.05, 0.1) is 11.6 Å². The lowest BCUT2D eigenvalue weighted by Crippen LogP contribution is -2.51. The largest absolute Gasteiger partial charge is 0.487 e. The molecule has 1 unspecified atom stereocenters. The fourth-order valence-electron chi connectivity index (χ4n) is 4.33. The highest BCUT2D eigenvalue weighted by Crippen LogP contribution is 2.44. The Morgan fingerprint density at radius 2 is 1.83 bits per heavy atom. The van der Waals surface area contributed by atoms with Crippen LogP contribution in [0.3, 0.4) is 0 Å². The molecule has 1 saturated heterocycles. The molecule has 2 aromatic carbocycles. The molecule has 5 heteroatoms. The Labute approximate surface area is 178 Å². The molecule has 0 aliphatic carbocycles. The second-order valence-electron chi connectivity index (χ2n) is 8.52. The minimum absolute atomic E-state index is 0.00136. The molecule has 2 aliphatic rings. The van der Waals surface area contributed by atoms with Crippen molar-refractivity contribution in [2.75, 3.05) is 20.1 Å². The van der Waals surface area contributed by atoms with E-state index in [-0.39, 0.29) is 17.6 Å². The number of benzene rings is 2. The van der Waals surface area contributed by atoms with Crippen molar-refractivity contribution < 1.29 is 9.53 Å². The van der Waals surface area contributed by atoms with Crippen molar-refractivity contribution in [1.82, 2.24) is 10.2 Å². The van der Waals surface area contributed by atoms with E-state index in [0.29, 0.717) is 5.25 Å². The normalized spacial score (nSPS) is 20.9. The van der Waals surface area contributed by atoms with Gasteiger partial charge in [0.25, 0.3) is 5.91 Å². The van der Waals surface area contributed by atoms with Crippen LogP contribution in [0, 0.1) is 0 Å². The lowest BCUT2D eigenvalue weighted by atomic mass is 9.80. The maximum atomic E-state index is 13.3. The number of hydrogen-bond donors (Lipinski definition) is 1. The maximum Gasteiger partial charge on any atom is 0.252 e. The highest BCUT2D eigenvalue weighted by atomic mass is 32.2. The van der Waals surface area contributed by atoms with Crippen LogP contribution in [0.1, 0.15) is 55.1 Å². The Bertz CT molecular complexity index is 875. The molecule has 4 rings (SSSR count). The van der Waals surface area contributed by atoms with E-state index in [9.17, 15) is 4.79 Å². The van der Waals surface area contributed by atoms with Crippen LogP contribution in [0.25, 0.3) is 0 Å². The average Bonchev–Trinajstić information content (AvgIpc) is 2.70. The molecule has 1 amide bonds. The molecule has 0 aromatic heterocycles. The summed E-state index contributed by atoms with van der Waals surface area (Å²) in [5.41, 5.74) is 1.65. The van der Waals surface area contributed by atoms with Gasteiger partial charge in [-0.3, -0.25) is 4.79 Å². The van der Waals surface area contributed by atoms with Crippen LogP contribution in [-0.4, -0.2) is 41.8 Å². The van der Waals surface area contributed by atoms with E-state index < -0.39 is 0 Å². The van der Waals surface area contributed by atoms with Crippen molar-refractivity contribution in [3.8, 4) is 5.75 Å². The molecule has 1 spiro atoms. The molecule has 2 aliphatic heterocycles. The van der Waals surface area contributed by atoms with Crippen LogP contribution in [0.5, 0.6) is 5.75 Å². The summed E-state index contributed by atoms with van der Waals surface area (Å²) in [7, 11) is 2.16. The van der Waals surface area contributed by atoms with Crippen LogP contribution < -0.4 is 10.1 Å². The minimum atomic E-state index is -0.189. The Morgan fingerprint density at radius 3 is 2.59 bits per heavy atom. The molecule has 1 atom stereocenters. The summed E-state index contributed by atoms with van der Waals surface area (Å²) in [6.45, 7) is 6.35. The topological polar surface area (TPSA) is 41.6 Å². The monoisotopic (exact) mass is 410 g/mol. The SMILES string of the molecule is CC(C)Sc1ccccc1C(=O)NC1CC2(CCN(C)CC2)Oc2ccccc21. The predicted octanol–water partition coefficient (Wildman–Crippen LogP) is 4.91. The lowest BCUT2D eigenvalue weighted by Gasteiger charge is -2.46. The van der Waals surface area contributed by atoms with Crippen molar-refractivity contribution in [2.45, 2.75) is 54.9 Å². The molecular formula is C24H30N2O2S. The van der Waals surface area contributed by atoms with Crippen LogP contribution in [0.4, 0.5) is 0 Å². The third kappa shape index (κ3) is 4.46. The highest BCUT2D eigenvalue weighted by Gasteiger charge is 2.43. The molecule has 2 heterocycles. The summed E-state index contributed by atoms with van der Waals surface area (Å²) in [4.78, 5) is 16.7. The quantitative estimate of drug-likeness (QED) is 0.728. The summed E-state index contributed by atoms with van der Waals surface area (Å²) in [6.07, 6.45) is 2.80. The zero-order valence-electron chi connectivity index (χ0n) is 17.5. The third-order valence-corrected chi connectivity index (χ3v) is 6.98. The number of nitrogens with zero attached hydrogens (tertiary/aromatic N) is 1. The molecule has 1 N–H and O–H groups in total. The zero-order chi connectivity index (χ0) is 20.4. The standard InChI is InChI=1S/C24H30N2O2S/c1-17(2)29-22-11-7-5-9-19(22)23(27)25-20-16-24(12-14-26(3)15-13-24)28-21-10-6-4-8-18(20)21/h4-11,17,20H,12-16H2,1-3H3,(H,25,27). The fraction of sp³-hybridized carbons (Fsp3) is 0.458. The molecule has 0 bridgehead atoms. The summed E-state index contributed by atoms with van der Waals surface area (Å²) in [5.74, 6) is 0.914. The number of carbonyl (C=O) groups is 1. The predicted molar refractivity (Wildman–Crippen MR) is 119 cm³/mol. The smallest absolute Gasteiger partial charge is 0.252 e. The van der Waals surface area contributed by atoms with Gasteiger partial charge in [-0.25, -0.2) is 0 Å². The maximum absolute atomic E-state index is 13.3. The van der Waals surface area contributed by atoms with E-state index in [0.717, 1.165) is 54.1 Å². The van der Waals surface area contributed by atoms with Gasteiger partial charge in [0.2, 0.25) is 0 Å². The summed E-state index contributed by atoms with van der Waals surface area (Å²) >= 11 is 1.73. The molecule has 0 radical (unpaired) electrons. The number of thioether (sulfide) groups is 1. The number of amides is 1. The molecule has 29 heavy (non-hydrogen) atoms. The number of nitrogens with one attached hydrogen (secondary N) is 1. The third-order valence-electron chi connectivity index (χ3n) is 5.89. The molecule has 1 fully saturated rings. The number of hydrogen-bond acceptors (Lipinski definition) is 4. The first kappa shape index (κ1) is 20.3. The van der Waals surface area contributed by atoms with Gasteiger partial charge < -0.3 is 15.0 Å². The second-order valence-corrected chi connectivity index (χ2v) is 10.1. The fourth-order valence-corrected chi connectivity index (χ4v) is 5.28. The lowest BCUT2D eigenvalue weighted by molar-refractivity contribution is -0.0195. The molecule has 154 valence electrons. The summed E-state index contributed by atoms with van der Waals surface area (Å²) in [6, 6.07) is 16.0. The van der Waals surface area contributed by atoms with E-state index in [1.165, 1.54) is 0 Å². The van der Waals surface area contributed by atoms with E-state index in [2.05, 4.69) is 37.2 Å². The Balaban J connectivity index is 1.60. The van der Waals surface area contributed by atoms with Gasteiger partial charge in [0.1, 0.15) is 11.4 Å². The van der Waals surface area contributed by atoms with Crippen molar-refractivity contribution in [2.24, 2.45) is 0 Å². The number of rotatable bonds is 4. The first-order valence-corrected chi connectivity index (χ1v) is 11.4. The van der Waals surface area contributed by atoms with Gasteiger partial charge in [0, 0.05) is 35.2 Å². The zero-order valence-corrected chi connectivity index (χ0v) is 18.3. The number of likely N-dealkylation sites (tertiary alicyclic amines) is 1. The Morgan fingerprint density at radius 1 is 1.14 bits per heavy atom. The van der Waals surface area contributed by atoms with Gasteiger partial charge in [0.15, 0.2) is 0 Å². The van der Waals surface area contributed by atoms with E-state index in [1.807, 2.05) is 42.5 Å². The first-order chi connectivity index (χ1) is 14.0. The number of piperidine rings is 1. The Hall–Kier alpha value is -1.98. The van der Waals surface area contributed by atoms with Crippen molar-refractivity contribution in [1.29, 1.82) is 0 Å². The van der Waals surface area contributed by atoms with Gasteiger partial charge in [-0.2, -0.15) is 0 Å². The van der Waals surface area contributed by atoms with Gasteiger partial charge >= 0.3 is 0 Å². The number of ether oxygens (including phenoxy) is 1. The number of para-hydroxylation sites is 1. The molecule has 0 saturated carbocycles. The molecule has 4 nitrogen and oxygen atoms in total. The van der Waals surface area contributed by atoms with E-state index in [4.69, 9.17) is 4.74 Å². The van der Waals surface area contributed by atoms with Crippen molar-refractivity contribution in [3.05, 3.63) is 59.7 Å². The summed E-state index contributed by atoms with van der Waals surface area (Å²) < 4.78 is 6.52. The first-order valence-electron chi connectivity index (χ1n) is 10.5.